The summed E-state index contributed by atoms with van der Waals surface area (Å²) in [6.07, 6.45) is 5.00. The van der Waals surface area contributed by atoms with Gasteiger partial charge < -0.3 is 14.5 Å². The highest BCUT2D eigenvalue weighted by molar-refractivity contribution is 6.42. The average molecular weight is 336 g/mol. The number of rotatable bonds is 7. The Bertz CT molecular complexity index is 680. The molecule has 1 aromatic carbocycles. The molecular formula is C16H18ClN3O3. The highest BCUT2D eigenvalue weighted by Gasteiger charge is 2.21. The van der Waals surface area contributed by atoms with E-state index in [0.29, 0.717) is 17.4 Å². The minimum Gasteiger partial charge on any atom is -0.461 e. The van der Waals surface area contributed by atoms with Crippen molar-refractivity contribution < 1.29 is 14.7 Å². The fourth-order valence-electron chi connectivity index (χ4n) is 2.19. The van der Waals surface area contributed by atoms with Gasteiger partial charge in [-0.2, -0.15) is 0 Å². The Labute approximate surface area is 139 Å². The summed E-state index contributed by atoms with van der Waals surface area (Å²) in [5, 5.41) is 12.8. The molecule has 1 aromatic heterocycles. The zero-order valence-electron chi connectivity index (χ0n) is 12.8. The summed E-state index contributed by atoms with van der Waals surface area (Å²) in [4.78, 5) is 15.9. The Morgan fingerprint density at radius 1 is 1.39 bits per heavy atom. The molecule has 23 heavy (non-hydrogen) atoms. The molecule has 2 aromatic rings. The lowest BCUT2D eigenvalue weighted by Crippen LogP contribution is -2.23. The molecule has 6 nitrogen and oxygen atoms in total. The Morgan fingerprint density at radius 2 is 2.13 bits per heavy atom. The molecular weight excluding hydrogens is 318 g/mol. The number of aryl methyl sites for hydroxylation is 2. The molecule has 122 valence electrons. The molecule has 0 saturated carbocycles. The van der Waals surface area contributed by atoms with Crippen molar-refractivity contribution in [1.29, 1.82) is 0 Å². The van der Waals surface area contributed by atoms with Crippen molar-refractivity contribution >= 4 is 23.3 Å². The zero-order valence-corrected chi connectivity index (χ0v) is 13.5. The Hall–Kier alpha value is -2.34. The number of imidazole rings is 1. The van der Waals surface area contributed by atoms with Crippen molar-refractivity contribution in [2.24, 2.45) is 5.16 Å². The van der Waals surface area contributed by atoms with Crippen LogP contribution in [0.15, 0.2) is 41.8 Å². The first-order chi connectivity index (χ1) is 11.2. The molecule has 0 amide bonds. The molecule has 0 spiro atoms. The Morgan fingerprint density at radius 3 is 2.78 bits per heavy atom. The smallest absolute Gasteiger partial charge is 0.364 e. The predicted octanol–water partition coefficient (Wildman–Crippen LogP) is 2.91. The molecule has 0 aliphatic heterocycles. The van der Waals surface area contributed by atoms with Crippen molar-refractivity contribution in [3.8, 4) is 0 Å². The molecule has 0 unspecified atom stereocenters. The van der Waals surface area contributed by atoms with Crippen LogP contribution in [0.4, 0.5) is 0 Å². The van der Waals surface area contributed by atoms with Crippen molar-refractivity contribution in [3.05, 3.63) is 53.1 Å². The molecule has 0 bridgehead atoms. The molecule has 7 heteroatoms. The first-order valence-electron chi connectivity index (χ1n) is 7.30. The number of carbonyl (C=O) groups excluding carboxylic acids is 1. The number of carbonyl (C=O) groups is 1. The minimum absolute atomic E-state index is 0.191. The summed E-state index contributed by atoms with van der Waals surface area (Å²) in [5.41, 5.74) is 0.987. The standard InChI is InChI=1S/C16H18ClN3O3/c1-2-23-16(21)14(19-22)15-18-9-11-20(15)10-3-4-12-5-7-13(17)8-6-12/h5-9,11,22H,2-4,10H2,1H3/b19-14-. The normalized spacial score (nSPS) is 11.5. The van der Waals surface area contributed by atoms with E-state index in [0.717, 1.165) is 12.8 Å². The molecule has 0 fully saturated rings. The predicted molar refractivity (Wildman–Crippen MR) is 87.0 cm³/mol. The third-order valence-corrected chi connectivity index (χ3v) is 3.53. The van der Waals surface area contributed by atoms with Gasteiger partial charge in [0.15, 0.2) is 5.82 Å². The van der Waals surface area contributed by atoms with E-state index in [4.69, 9.17) is 21.5 Å². The fraction of sp³-hybridized carbons (Fsp3) is 0.312. The summed E-state index contributed by atoms with van der Waals surface area (Å²) >= 11 is 5.86. The summed E-state index contributed by atoms with van der Waals surface area (Å²) in [6.45, 7) is 2.52. The SMILES string of the molecule is CCOC(=O)/C(=N\O)c1nccn1CCCc1ccc(Cl)cc1. The second-order valence-corrected chi connectivity index (χ2v) is 5.28. The van der Waals surface area contributed by atoms with Crippen molar-refractivity contribution in [2.45, 2.75) is 26.3 Å². The topological polar surface area (TPSA) is 76.7 Å². The molecule has 0 atom stereocenters. The van der Waals surface area contributed by atoms with Gasteiger partial charge in [0, 0.05) is 24.0 Å². The van der Waals surface area contributed by atoms with Gasteiger partial charge >= 0.3 is 5.97 Å². The van der Waals surface area contributed by atoms with Crippen molar-refractivity contribution in [2.75, 3.05) is 6.61 Å². The third kappa shape index (κ3) is 4.56. The largest absolute Gasteiger partial charge is 0.461 e. The van der Waals surface area contributed by atoms with Crippen LogP contribution in [-0.4, -0.2) is 33.0 Å². The van der Waals surface area contributed by atoms with E-state index in [-0.39, 0.29) is 12.3 Å². The zero-order chi connectivity index (χ0) is 16.7. The van der Waals surface area contributed by atoms with Gasteiger partial charge in [-0.3, -0.25) is 0 Å². The maximum Gasteiger partial charge on any atom is 0.364 e. The maximum absolute atomic E-state index is 11.8. The molecule has 0 saturated heterocycles. The van der Waals surface area contributed by atoms with Crippen molar-refractivity contribution in [3.63, 3.8) is 0 Å². The third-order valence-electron chi connectivity index (χ3n) is 3.27. The molecule has 0 aliphatic carbocycles. The lowest BCUT2D eigenvalue weighted by Gasteiger charge is -2.08. The highest BCUT2D eigenvalue weighted by atomic mass is 35.5. The number of benzene rings is 1. The number of hydrogen-bond acceptors (Lipinski definition) is 5. The van der Waals surface area contributed by atoms with Gasteiger partial charge in [0.2, 0.25) is 5.71 Å². The van der Waals surface area contributed by atoms with Crippen LogP contribution in [0.5, 0.6) is 0 Å². The van der Waals surface area contributed by atoms with Gasteiger partial charge in [-0.05, 0) is 37.5 Å². The highest BCUT2D eigenvalue weighted by Crippen LogP contribution is 2.12. The van der Waals surface area contributed by atoms with Gasteiger partial charge in [-0.25, -0.2) is 9.78 Å². The molecule has 0 aliphatic rings. The van der Waals surface area contributed by atoms with E-state index in [1.165, 1.54) is 5.56 Å². The molecule has 0 radical (unpaired) electrons. The quantitative estimate of drug-likeness (QED) is 0.365. The number of ether oxygens (including phenoxy) is 1. The summed E-state index contributed by atoms with van der Waals surface area (Å²) in [5.74, 6) is -0.401. The van der Waals surface area contributed by atoms with Gasteiger partial charge in [0.25, 0.3) is 0 Å². The van der Waals surface area contributed by atoms with Crippen LogP contribution in [0.1, 0.15) is 24.7 Å². The summed E-state index contributed by atoms with van der Waals surface area (Å²) < 4.78 is 6.63. The number of aromatic nitrogens is 2. The lowest BCUT2D eigenvalue weighted by atomic mass is 10.1. The first-order valence-corrected chi connectivity index (χ1v) is 7.68. The number of nitrogens with zero attached hydrogens (tertiary/aromatic N) is 3. The Kier molecular flexibility index (Phi) is 6.17. The van der Waals surface area contributed by atoms with E-state index >= 15 is 0 Å². The number of oxime groups is 1. The first kappa shape index (κ1) is 17.0. The van der Waals surface area contributed by atoms with Gasteiger partial charge in [0.1, 0.15) is 0 Å². The van der Waals surface area contributed by atoms with E-state index in [2.05, 4.69) is 10.1 Å². The van der Waals surface area contributed by atoms with Crippen LogP contribution >= 0.6 is 11.6 Å². The van der Waals surface area contributed by atoms with Gasteiger partial charge in [-0.1, -0.05) is 28.9 Å². The van der Waals surface area contributed by atoms with Crippen LogP contribution in [0.25, 0.3) is 0 Å². The number of hydrogen-bond donors (Lipinski definition) is 1. The summed E-state index contributed by atoms with van der Waals surface area (Å²) in [7, 11) is 0. The van der Waals surface area contributed by atoms with Crippen molar-refractivity contribution in [1.82, 2.24) is 9.55 Å². The lowest BCUT2D eigenvalue weighted by molar-refractivity contribution is -0.135. The minimum atomic E-state index is -0.694. The molecule has 2 rings (SSSR count). The van der Waals surface area contributed by atoms with Crippen LogP contribution < -0.4 is 0 Å². The average Bonchev–Trinajstić information content (AvgIpc) is 2.99. The van der Waals surface area contributed by atoms with Crippen LogP contribution in [0.3, 0.4) is 0 Å². The van der Waals surface area contributed by atoms with Gasteiger partial charge in [-0.15, -0.1) is 0 Å². The second kappa shape index (κ2) is 8.33. The monoisotopic (exact) mass is 335 g/mol. The number of halogens is 1. The van der Waals surface area contributed by atoms with E-state index in [1.807, 2.05) is 24.3 Å². The van der Waals surface area contributed by atoms with Gasteiger partial charge in [0.05, 0.1) is 6.61 Å². The van der Waals surface area contributed by atoms with E-state index in [9.17, 15) is 4.79 Å². The molecule has 1 N–H and O–H groups in total. The second-order valence-electron chi connectivity index (χ2n) is 4.84. The van der Waals surface area contributed by atoms with E-state index < -0.39 is 5.97 Å². The van der Waals surface area contributed by atoms with Crippen LogP contribution in [-0.2, 0) is 22.5 Å². The van der Waals surface area contributed by atoms with Crippen LogP contribution in [0.2, 0.25) is 5.02 Å². The van der Waals surface area contributed by atoms with E-state index in [1.54, 1.807) is 23.9 Å². The maximum atomic E-state index is 11.8. The van der Waals surface area contributed by atoms with Crippen LogP contribution in [0, 0.1) is 0 Å². The Balaban J connectivity index is 2.00. The summed E-state index contributed by atoms with van der Waals surface area (Å²) in [6, 6.07) is 7.68. The number of esters is 1. The molecule has 1 heterocycles. The fourth-order valence-corrected chi connectivity index (χ4v) is 2.31.